The van der Waals surface area contributed by atoms with Crippen LogP contribution in [0.3, 0.4) is 0 Å². The van der Waals surface area contributed by atoms with Crippen molar-refractivity contribution in [2.24, 2.45) is 11.5 Å². The molecule has 1 fully saturated rings. The minimum absolute atomic E-state index is 0. The van der Waals surface area contributed by atoms with Gasteiger partial charge in [0.05, 0.1) is 13.2 Å². The molecule has 1 saturated heterocycles. The molecular formula is C4H11ClN2O. The second-order valence-electron chi connectivity index (χ2n) is 1.87. The van der Waals surface area contributed by atoms with Gasteiger partial charge in [-0.1, -0.05) is 0 Å². The number of ether oxygens (including phenoxy) is 1. The monoisotopic (exact) mass is 138 g/mol. The molecule has 0 bridgehead atoms. The van der Waals surface area contributed by atoms with Crippen molar-refractivity contribution in [1.29, 1.82) is 0 Å². The van der Waals surface area contributed by atoms with Crippen LogP contribution in [-0.4, -0.2) is 25.3 Å². The van der Waals surface area contributed by atoms with E-state index in [4.69, 9.17) is 16.2 Å². The smallest absolute Gasteiger partial charge is 0.0634 e. The van der Waals surface area contributed by atoms with Crippen LogP contribution in [0.5, 0.6) is 0 Å². The van der Waals surface area contributed by atoms with Crippen molar-refractivity contribution in [2.75, 3.05) is 13.2 Å². The molecular weight excluding hydrogens is 128 g/mol. The molecule has 0 aromatic rings. The molecule has 8 heavy (non-hydrogen) atoms. The molecule has 0 unspecified atom stereocenters. The summed E-state index contributed by atoms with van der Waals surface area (Å²) in [6, 6.07) is 0.139. The van der Waals surface area contributed by atoms with Gasteiger partial charge in [-0.2, -0.15) is 0 Å². The van der Waals surface area contributed by atoms with E-state index in [0.29, 0.717) is 13.2 Å². The molecule has 50 valence electrons. The summed E-state index contributed by atoms with van der Waals surface area (Å²) in [5.74, 6) is 0. The topological polar surface area (TPSA) is 61.3 Å². The number of nitrogens with two attached hydrogens (primary N) is 2. The Bertz CT molecular complexity index is 63.1. The van der Waals surface area contributed by atoms with Gasteiger partial charge in [0.1, 0.15) is 0 Å². The maximum absolute atomic E-state index is 5.43. The Kier molecular flexibility index (Phi) is 3.31. The zero-order valence-corrected chi connectivity index (χ0v) is 5.36. The van der Waals surface area contributed by atoms with Gasteiger partial charge in [0.15, 0.2) is 0 Å². The highest BCUT2D eigenvalue weighted by atomic mass is 35.5. The average molecular weight is 139 g/mol. The van der Waals surface area contributed by atoms with Crippen LogP contribution >= 0.6 is 12.4 Å². The Labute approximate surface area is 54.8 Å². The summed E-state index contributed by atoms with van der Waals surface area (Å²) in [5.41, 5.74) is 10.9. The molecule has 0 saturated carbocycles. The van der Waals surface area contributed by atoms with E-state index in [9.17, 15) is 0 Å². The number of halogens is 1. The predicted molar refractivity (Wildman–Crippen MR) is 34.0 cm³/mol. The van der Waals surface area contributed by atoms with Gasteiger partial charge in [0.25, 0.3) is 0 Å². The fourth-order valence-electron chi connectivity index (χ4n) is 0.587. The van der Waals surface area contributed by atoms with E-state index in [0.717, 1.165) is 0 Å². The zero-order chi connectivity index (χ0) is 5.28. The van der Waals surface area contributed by atoms with Crippen molar-refractivity contribution in [3.05, 3.63) is 0 Å². The maximum atomic E-state index is 5.43. The summed E-state index contributed by atoms with van der Waals surface area (Å²) in [6.07, 6.45) is 0. The number of hydrogen-bond donors (Lipinski definition) is 2. The Balaban J connectivity index is 0.000000490. The molecule has 1 heterocycles. The lowest BCUT2D eigenvalue weighted by atomic mass is 10.2. The summed E-state index contributed by atoms with van der Waals surface area (Å²) < 4.78 is 4.92. The van der Waals surface area contributed by atoms with E-state index in [2.05, 4.69) is 0 Å². The van der Waals surface area contributed by atoms with E-state index < -0.39 is 0 Å². The highest BCUT2D eigenvalue weighted by molar-refractivity contribution is 5.85. The highest BCUT2D eigenvalue weighted by Crippen LogP contribution is 1.97. The molecule has 4 heteroatoms. The average Bonchev–Trinajstić information content (AvgIpc) is 1.91. The van der Waals surface area contributed by atoms with E-state index in [1.165, 1.54) is 0 Å². The maximum Gasteiger partial charge on any atom is 0.0634 e. The minimum Gasteiger partial charge on any atom is -0.378 e. The van der Waals surface area contributed by atoms with E-state index in [-0.39, 0.29) is 24.5 Å². The Hall–Kier alpha value is 0.170. The van der Waals surface area contributed by atoms with Crippen LogP contribution in [0.25, 0.3) is 0 Å². The number of hydrogen-bond acceptors (Lipinski definition) is 3. The van der Waals surface area contributed by atoms with Crippen LogP contribution in [0.1, 0.15) is 0 Å². The quantitative estimate of drug-likeness (QED) is 0.456. The Morgan fingerprint density at radius 1 is 1.12 bits per heavy atom. The number of rotatable bonds is 0. The van der Waals surface area contributed by atoms with Crippen LogP contribution in [-0.2, 0) is 4.74 Å². The summed E-state index contributed by atoms with van der Waals surface area (Å²) >= 11 is 0. The van der Waals surface area contributed by atoms with Crippen molar-refractivity contribution in [1.82, 2.24) is 0 Å². The molecule has 0 spiro atoms. The van der Waals surface area contributed by atoms with Gasteiger partial charge in [-0.15, -0.1) is 12.4 Å². The lowest BCUT2D eigenvalue weighted by Crippen LogP contribution is -2.39. The van der Waals surface area contributed by atoms with Gasteiger partial charge in [-0.05, 0) is 0 Å². The van der Waals surface area contributed by atoms with Crippen LogP contribution < -0.4 is 11.5 Å². The van der Waals surface area contributed by atoms with E-state index in [1.54, 1.807) is 0 Å². The third-order valence-electron chi connectivity index (χ3n) is 1.17. The predicted octanol–water partition coefficient (Wildman–Crippen LogP) is -0.907. The fraction of sp³-hybridized carbons (Fsp3) is 1.00. The van der Waals surface area contributed by atoms with E-state index in [1.807, 2.05) is 0 Å². The second-order valence-corrected chi connectivity index (χ2v) is 1.87. The first-order chi connectivity index (χ1) is 3.30. The van der Waals surface area contributed by atoms with Gasteiger partial charge >= 0.3 is 0 Å². The molecule has 0 aliphatic carbocycles. The molecule has 0 amide bonds. The Morgan fingerprint density at radius 2 is 1.50 bits per heavy atom. The van der Waals surface area contributed by atoms with E-state index >= 15 is 0 Å². The molecule has 4 N–H and O–H groups in total. The summed E-state index contributed by atoms with van der Waals surface area (Å²) in [5, 5.41) is 0. The first kappa shape index (κ1) is 8.17. The van der Waals surface area contributed by atoms with Crippen LogP contribution in [0.2, 0.25) is 0 Å². The first-order valence-electron chi connectivity index (χ1n) is 2.39. The lowest BCUT2D eigenvalue weighted by Gasteiger charge is -2.02. The van der Waals surface area contributed by atoms with Crippen molar-refractivity contribution >= 4 is 12.4 Å². The molecule has 0 aromatic heterocycles. The van der Waals surface area contributed by atoms with Gasteiger partial charge < -0.3 is 16.2 Å². The third kappa shape index (κ3) is 1.59. The molecule has 2 atom stereocenters. The largest absolute Gasteiger partial charge is 0.378 e. The van der Waals surface area contributed by atoms with Crippen LogP contribution in [0.4, 0.5) is 0 Å². The molecule has 0 aromatic carbocycles. The summed E-state index contributed by atoms with van der Waals surface area (Å²) in [7, 11) is 0. The summed E-state index contributed by atoms with van der Waals surface area (Å²) in [6.45, 7) is 1.25. The van der Waals surface area contributed by atoms with Gasteiger partial charge in [0, 0.05) is 12.1 Å². The standard InChI is InChI=1S/C4H10N2O.ClH/c5-3-1-7-2-4(3)6;/h3-4H,1-2,5-6H2;1H/t3-,4-;/m1./s1. The lowest BCUT2D eigenvalue weighted by molar-refractivity contribution is 0.191. The molecule has 1 aliphatic rings. The van der Waals surface area contributed by atoms with Gasteiger partial charge in [-0.3, -0.25) is 0 Å². The minimum atomic E-state index is 0. The molecule has 1 rings (SSSR count). The van der Waals surface area contributed by atoms with Crippen LogP contribution in [0, 0.1) is 0 Å². The van der Waals surface area contributed by atoms with Crippen molar-refractivity contribution in [3.8, 4) is 0 Å². The Morgan fingerprint density at radius 3 is 1.62 bits per heavy atom. The normalized spacial score (nSPS) is 36.8. The second kappa shape index (κ2) is 3.25. The SMILES string of the molecule is Cl.N[C@@H]1COC[C@H]1N. The first-order valence-corrected chi connectivity index (χ1v) is 2.39. The van der Waals surface area contributed by atoms with Crippen LogP contribution in [0.15, 0.2) is 0 Å². The summed E-state index contributed by atoms with van der Waals surface area (Å²) in [4.78, 5) is 0. The third-order valence-corrected chi connectivity index (χ3v) is 1.17. The van der Waals surface area contributed by atoms with Gasteiger partial charge in [0.2, 0.25) is 0 Å². The van der Waals surface area contributed by atoms with Crippen molar-refractivity contribution < 1.29 is 4.74 Å². The zero-order valence-electron chi connectivity index (χ0n) is 4.54. The molecule has 0 radical (unpaired) electrons. The molecule has 1 aliphatic heterocycles. The fourth-order valence-corrected chi connectivity index (χ4v) is 0.587. The highest BCUT2D eigenvalue weighted by Gasteiger charge is 2.19. The molecule has 3 nitrogen and oxygen atoms in total. The van der Waals surface area contributed by atoms with Crippen molar-refractivity contribution in [3.63, 3.8) is 0 Å². The van der Waals surface area contributed by atoms with Crippen molar-refractivity contribution in [2.45, 2.75) is 12.1 Å². The van der Waals surface area contributed by atoms with Gasteiger partial charge in [-0.25, -0.2) is 0 Å².